The van der Waals surface area contributed by atoms with Crippen molar-refractivity contribution in [3.8, 4) is 0 Å². The van der Waals surface area contributed by atoms with Crippen molar-refractivity contribution >= 4 is 29.2 Å². The summed E-state index contributed by atoms with van der Waals surface area (Å²) in [6, 6.07) is 5.50. The molecule has 0 atom stereocenters. The van der Waals surface area contributed by atoms with Crippen LogP contribution in [0.2, 0.25) is 0 Å². The van der Waals surface area contributed by atoms with Crippen LogP contribution in [-0.2, 0) is 25.8 Å². The maximum Gasteiger partial charge on any atom is 0.360 e. The molecule has 0 radical (unpaired) electrons. The minimum atomic E-state index is -0.588. The molecular formula is C21H31N3O4S. The van der Waals surface area contributed by atoms with Crippen molar-refractivity contribution in [2.75, 3.05) is 14.2 Å². The smallest absolute Gasteiger partial charge is 0.360 e. The number of aryl methyl sites for hydroxylation is 2. The second-order valence-corrected chi connectivity index (χ2v) is 6.30. The first kappa shape index (κ1) is 26.3. The second-order valence-electron chi connectivity index (χ2n) is 5.03. The molecule has 160 valence electrons. The van der Waals surface area contributed by atoms with Crippen LogP contribution in [0.1, 0.15) is 54.3 Å². The second kappa shape index (κ2) is 15.2. The molecule has 0 unspecified atom stereocenters. The third-order valence-corrected chi connectivity index (χ3v) is 4.16. The monoisotopic (exact) mass is 421 g/mol. The lowest BCUT2D eigenvalue weighted by Crippen LogP contribution is -2.20. The van der Waals surface area contributed by atoms with E-state index in [0.717, 1.165) is 21.0 Å². The molecule has 0 aliphatic rings. The normalized spacial score (nSPS) is 10.4. The van der Waals surface area contributed by atoms with Crippen LogP contribution in [0.5, 0.6) is 0 Å². The van der Waals surface area contributed by atoms with Gasteiger partial charge >= 0.3 is 5.97 Å². The molecule has 0 aliphatic heterocycles. The summed E-state index contributed by atoms with van der Waals surface area (Å²) in [5, 5.41) is 8.49. The van der Waals surface area contributed by atoms with Gasteiger partial charge in [0.25, 0.3) is 0 Å². The van der Waals surface area contributed by atoms with Gasteiger partial charge in [0.2, 0.25) is 0 Å². The largest absolute Gasteiger partial charge is 0.464 e. The highest BCUT2D eigenvalue weighted by atomic mass is 32.1. The number of ether oxygens (including phenoxy) is 1. The summed E-state index contributed by atoms with van der Waals surface area (Å²) in [5.41, 5.74) is 2.36. The van der Waals surface area contributed by atoms with Crippen LogP contribution < -0.4 is 0 Å². The van der Waals surface area contributed by atoms with Crippen molar-refractivity contribution in [2.24, 2.45) is 10.3 Å². The van der Waals surface area contributed by atoms with E-state index in [2.05, 4.69) is 15.3 Å². The average molecular weight is 422 g/mol. The van der Waals surface area contributed by atoms with Gasteiger partial charge in [0, 0.05) is 22.2 Å². The SMILES string of the molecule is CC.CC.CO/N=C(/C(=O)OC)c1cccc(C)c1CO/N=C/c1ncc(C)s1. The summed E-state index contributed by atoms with van der Waals surface area (Å²) in [4.78, 5) is 27.4. The topological polar surface area (TPSA) is 82.4 Å². The zero-order chi connectivity index (χ0) is 22.2. The number of thiazole rings is 1. The molecule has 0 N–H and O–H groups in total. The number of esters is 1. The summed E-state index contributed by atoms with van der Waals surface area (Å²) < 4.78 is 4.77. The Kier molecular flexibility index (Phi) is 13.8. The van der Waals surface area contributed by atoms with Gasteiger partial charge in [-0.3, -0.25) is 0 Å². The summed E-state index contributed by atoms with van der Waals surface area (Å²) in [6.45, 7) is 12.1. The Balaban J connectivity index is 0.00000184. The van der Waals surface area contributed by atoms with Crippen molar-refractivity contribution in [2.45, 2.75) is 48.1 Å². The van der Waals surface area contributed by atoms with Gasteiger partial charge in [0.15, 0.2) is 5.71 Å². The molecule has 1 aromatic carbocycles. The predicted molar refractivity (Wildman–Crippen MR) is 119 cm³/mol. The van der Waals surface area contributed by atoms with Gasteiger partial charge in [0.05, 0.1) is 7.11 Å². The van der Waals surface area contributed by atoms with E-state index >= 15 is 0 Å². The van der Waals surface area contributed by atoms with Crippen LogP contribution in [0, 0.1) is 13.8 Å². The molecule has 2 rings (SSSR count). The fourth-order valence-electron chi connectivity index (χ4n) is 2.12. The molecular weight excluding hydrogens is 390 g/mol. The minimum Gasteiger partial charge on any atom is -0.464 e. The fourth-order valence-corrected chi connectivity index (χ4v) is 2.75. The van der Waals surface area contributed by atoms with Gasteiger partial charge in [-0.1, -0.05) is 56.2 Å². The lowest BCUT2D eigenvalue weighted by Gasteiger charge is -2.12. The number of carbonyl (C=O) groups is 1. The van der Waals surface area contributed by atoms with Gasteiger partial charge in [-0.2, -0.15) is 0 Å². The lowest BCUT2D eigenvalue weighted by molar-refractivity contribution is -0.132. The van der Waals surface area contributed by atoms with E-state index in [0.29, 0.717) is 5.56 Å². The molecule has 7 nitrogen and oxygen atoms in total. The molecule has 1 aromatic heterocycles. The van der Waals surface area contributed by atoms with Crippen molar-refractivity contribution in [3.05, 3.63) is 51.0 Å². The highest BCUT2D eigenvalue weighted by Gasteiger charge is 2.20. The van der Waals surface area contributed by atoms with Crippen molar-refractivity contribution in [3.63, 3.8) is 0 Å². The van der Waals surface area contributed by atoms with E-state index in [9.17, 15) is 4.79 Å². The van der Waals surface area contributed by atoms with E-state index in [4.69, 9.17) is 14.4 Å². The summed E-state index contributed by atoms with van der Waals surface area (Å²) in [6.07, 6.45) is 3.33. The Bertz CT molecular complexity index is 801. The molecule has 2 aromatic rings. The van der Waals surface area contributed by atoms with E-state index < -0.39 is 5.97 Å². The van der Waals surface area contributed by atoms with Crippen molar-refractivity contribution in [1.29, 1.82) is 0 Å². The third kappa shape index (κ3) is 8.43. The number of oxime groups is 2. The van der Waals surface area contributed by atoms with Crippen molar-refractivity contribution < 1.29 is 19.2 Å². The highest BCUT2D eigenvalue weighted by molar-refractivity contribution is 7.13. The van der Waals surface area contributed by atoms with E-state index in [1.165, 1.54) is 25.6 Å². The van der Waals surface area contributed by atoms with Gasteiger partial charge < -0.3 is 14.4 Å². The van der Waals surface area contributed by atoms with Crippen LogP contribution in [-0.4, -0.2) is 37.1 Å². The van der Waals surface area contributed by atoms with Gasteiger partial charge in [0.1, 0.15) is 24.9 Å². The van der Waals surface area contributed by atoms with Crippen LogP contribution in [0.3, 0.4) is 0 Å². The molecule has 0 saturated carbocycles. The summed E-state index contributed by atoms with van der Waals surface area (Å²) in [7, 11) is 2.66. The number of aromatic nitrogens is 1. The molecule has 0 bridgehead atoms. The standard InChI is InChI=1S/C17H19N3O4S.2C2H6/c1-11-6-5-7-13(16(20-23-4)17(21)22-3)14(11)10-24-19-9-15-18-8-12(2)25-15;2*1-2/h5-9H,10H2,1-4H3;2*1-2H3/b19-9+,20-16+;;. The first-order valence-corrected chi connectivity index (χ1v) is 10.2. The van der Waals surface area contributed by atoms with Crippen LogP contribution >= 0.6 is 11.3 Å². The number of hydrogen-bond acceptors (Lipinski definition) is 8. The number of benzene rings is 1. The molecule has 0 fully saturated rings. The number of hydrogen-bond donors (Lipinski definition) is 0. The summed E-state index contributed by atoms with van der Waals surface area (Å²) in [5.74, 6) is -0.588. The number of rotatable bonds is 7. The molecule has 8 heteroatoms. The van der Waals surface area contributed by atoms with E-state index in [1.807, 2.05) is 53.7 Å². The Labute approximate surface area is 177 Å². The summed E-state index contributed by atoms with van der Waals surface area (Å²) >= 11 is 1.52. The Morgan fingerprint density at radius 1 is 1.17 bits per heavy atom. The zero-order valence-electron chi connectivity index (χ0n) is 18.5. The first-order chi connectivity index (χ1) is 14.1. The molecule has 1 heterocycles. The van der Waals surface area contributed by atoms with E-state index in [1.54, 1.807) is 18.5 Å². The lowest BCUT2D eigenvalue weighted by atomic mass is 9.99. The number of carbonyl (C=O) groups excluding carboxylic acids is 1. The average Bonchev–Trinajstić information content (AvgIpc) is 3.17. The number of methoxy groups -OCH3 is 1. The zero-order valence-corrected chi connectivity index (χ0v) is 19.3. The van der Waals surface area contributed by atoms with Gasteiger partial charge in [-0.05, 0) is 19.4 Å². The molecule has 0 spiro atoms. The maximum atomic E-state index is 12.0. The van der Waals surface area contributed by atoms with Crippen molar-refractivity contribution in [1.82, 2.24) is 4.98 Å². The fraction of sp³-hybridized carbons (Fsp3) is 0.429. The quantitative estimate of drug-likeness (QED) is 0.361. The van der Waals surface area contributed by atoms with Crippen LogP contribution in [0.15, 0.2) is 34.7 Å². The number of nitrogens with zero attached hydrogens (tertiary/aromatic N) is 3. The maximum absolute atomic E-state index is 12.0. The highest BCUT2D eigenvalue weighted by Crippen LogP contribution is 2.18. The Morgan fingerprint density at radius 2 is 1.86 bits per heavy atom. The van der Waals surface area contributed by atoms with E-state index in [-0.39, 0.29) is 12.3 Å². The van der Waals surface area contributed by atoms with Gasteiger partial charge in [-0.25, -0.2) is 9.78 Å². The molecule has 29 heavy (non-hydrogen) atoms. The first-order valence-electron chi connectivity index (χ1n) is 9.43. The Hall–Kier alpha value is -2.74. The van der Waals surface area contributed by atoms with Gasteiger partial charge in [-0.15, -0.1) is 11.3 Å². The van der Waals surface area contributed by atoms with Crippen LogP contribution in [0.25, 0.3) is 0 Å². The molecule has 0 saturated heterocycles. The van der Waals surface area contributed by atoms with Crippen LogP contribution in [0.4, 0.5) is 0 Å². The third-order valence-electron chi connectivity index (χ3n) is 3.31. The Morgan fingerprint density at radius 3 is 2.41 bits per heavy atom. The molecule has 0 aliphatic carbocycles. The predicted octanol–water partition coefficient (Wildman–Crippen LogP) is 4.89. The molecule has 0 amide bonds. The minimum absolute atomic E-state index is 0.0758.